The van der Waals surface area contributed by atoms with Gasteiger partial charge >= 0.3 is 5.97 Å². The van der Waals surface area contributed by atoms with Crippen molar-refractivity contribution in [3.63, 3.8) is 0 Å². The van der Waals surface area contributed by atoms with Crippen molar-refractivity contribution in [1.29, 1.82) is 0 Å². The molecular weight excluding hydrogens is 268 g/mol. The molecule has 6 nitrogen and oxygen atoms in total. The van der Waals surface area contributed by atoms with Crippen LogP contribution in [0, 0.1) is 6.92 Å². The van der Waals surface area contributed by atoms with Gasteiger partial charge in [0.05, 0.1) is 7.11 Å². The second-order valence-corrected chi connectivity index (χ2v) is 5.85. The molecule has 2 aliphatic rings. The molecule has 0 aliphatic carbocycles. The molecule has 3 rings (SSSR count). The zero-order chi connectivity index (χ0) is 14.8. The van der Waals surface area contributed by atoms with Gasteiger partial charge in [-0.25, -0.2) is 14.8 Å². The number of anilines is 1. The first-order chi connectivity index (χ1) is 10.2. The van der Waals surface area contributed by atoms with Gasteiger partial charge in [-0.15, -0.1) is 0 Å². The predicted octanol–water partition coefficient (Wildman–Crippen LogP) is 1.61. The van der Waals surface area contributed by atoms with Crippen LogP contribution in [-0.4, -0.2) is 53.1 Å². The summed E-state index contributed by atoms with van der Waals surface area (Å²) in [6.07, 6.45) is 4.98. The lowest BCUT2D eigenvalue weighted by Gasteiger charge is -2.32. The summed E-state index contributed by atoms with van der Waals surface area (Å²) in [6.45, 7) is 4.22. The van der Waals surface area contributed by atoms with Gasteiger partial charge in [-0.1, -0.05) is 6.42 Å². The molecule has 0 bridgehead atoms. The number of aromatic nitrogens is 2. The van der Waals surface area contributed by atoms with Crippen LogP contribution in [0.5, 0.6) is 0 Å². The third kappa shape index (κ3) is 3.00. The lowest BCUT2D eigenvalue weighted by molar-refractivity contribution is 0.0586. The molecule has 2 saturated heterocycles. The van der Waals surface area contributed by atoms with Crippen molar-refractivity contribution < 1.29 is 9.53 Å². The monoisotopic (exact) mass is 290 g/mol. The van der Waals surface area contributed by atoms with E-state index >= 15 is 0 Å². The van der Waals surface area contributed by atoms with Crippen LogP contribution < -0.4 is 5.32 Å². The van der Waals surface area contributed by atoms with Crippen molar-refractivity contribution in [2.75, 3.05) is 25.5 Å². The Morgan fingerprint density at radius 3 is 3.00 bits per heavy atom. The largest absolute Gasteiger partial charge is 0.463 e. The fourth-order valence-electron chi connectivity index (χ4n) is 3.43. The Balaban J connectivity index is 1.75. The highest BCUT2D eigenvalue weighted by Gasteiger charge is 2.35. The fourth-order valence-corrected chi connectivity index (χ4v) is 3.43. The zero-order valence-corrected chi connectivity index (χ0v) is 12.6. The Morgan fingerprint density at radius 1 is 1.33 bits per heavy atom. The van der Waals surface area contributed by atoms with Gasteiger partial charge in [0.15, 0.2) is 0 Å². The molecule has 1 aromatic heterocycles. The quantitative estimate of drug-likeness (QED) is 0.853. The second kappa shape index (κ2) is 5.97. The molecule has 2 atom stereocenters. The van der Waals surface area contributed by atoms with Crippen molar-refractivity contribution in [1.82, 2.24) is 14.9 Å². The van der Waals surface area contributed by atoms with Crippen molar-refractivity contribution in [3.05, 3.63) is 17.6 Å². The molecule has 2 fully saturated rings. The van der Waals surface area contributed by atoms with Crippen LogP contribution in [0.25, 0.3) is 0 Å². The number of hydrogen-bond acceptors (Lipinski definition) is 6. The summed E-state index contributed by atoms with van der Waals surface area (Å²) in [7, 11) is 1.35. The van der Waals surface area contributed by atoms with Crippen LogP contribution in [0.1, 0.15) is 42.0 Å². The number of piperidine rings is 1. The van der Waals surface area contributed by atoms with E-state index in [0.717, 1.165) is 24.5 Å². The van der Waals surface area contributed by atoms with Gasteiger partial charge in [0, 0.05) is 30.4 Å². The van der Waals surface area contributed by atoms with Crippen LogP contribution in [0.3, 0.4) is 0 Å². The first kappa shape index (κ1) is 14.3. The first-order valence-corrected chi connectivity index (χ1v) is 7.62. The van der Waals surface area contributed by atoms with E-state index < -0.39 is 5.97 Å². The number of carbonyl (C=O) groups is 1. The van der Waals surface area contributed by atoms with E-state index in [-0.39, 0.29) is 5.82 Å². The van der Waals surface area contributed by atoms with Crippen molar-refractivity contribution in [2.45, 2.75) is 44.7 Å². The maximum absolute atomic E-state index is 11.6. The van der Waals surface area contributed by atoms with Gasteiger partial charge in [-0.3, -0.25) is 4.90 Å². The number of hydrogen-bond donors (Lipinski definition) is 1. The van der Waals surface area contributed by atoms with Gasteiger partial charge in [0.25, 0.3) is 0 Å². The van der Waals surface area contributed by atoms with E-state index in [9.17, 15) is 4.79 Å². The minimum atomic E-state index is -0.493. The number of rotatable bonds is 3. The second-order valence-electron chi connectivity index (χ2n) is 5.85. The molecule has 0 aromatic carbocycles. The minimum Gasteiger partial charge on any atom is -0.463 e. The highest BCUT2D eigenvalue weighted by atomic mass is 16.5. The van der Waals surface area contributed by atoms with Gasteiger partial charge in [0.1, 0.15) is 5.82 Å². The van der Waals surface area contributed by atoms with E-state index in [1.54, 1.807) is 0 Å². The lowest BCUT2D eigenvalue weighted by atomic mass is 9.99. The Labute approximate surface area is 124 Å². The Bertz CT molecular complexity index is 534. The molecule has 0 saturated carbocycles. The third-order valence-electron chi connectivity index (χ3n) is 4.41. The maximum atomic E-state index is 11.6. The first-order valence-electron chi connectivity index (χ1n) is 7.62. The highest BCUT2D eigenvalue weighted by molar-refractivity contribution is 5.85. The predicted molar refractivity (Wildman–Crippen MR) is 79.3 cm³/mol. The number of nitrogens with zero attached hydrogens (tertiary/aromatic N) is 3. The average Bonchev–Trinajstić information content (AvgIpc) is 2.89. The summed E-state index contributed by atoms with van der Waals surface area (Å²) >= 11 is 0. The molecule has 0 amide bonds. The standard InChI is InChI=1S/C15H22N4O2/c1-10-9-13(18-14(16-10)15(20)21-2)17-11-6-8-19-7-4-3-5-12(11)19/h9,11-12H,3-8H2,1-2H3,(H,16,17,18). The molecule has 6 heteroatoms. The Morgan fingerprint density at radius 2 is 2.19 bits per heavy atom. The fraction of sp³-hybridized carbons (Fsp3) is 0.667. The molecule has 1 aromatic rings. The van der Waals surface area contributed by atoms with E-state index in [1.165, 1.54) is 32.9 Å². The Hall–Kier alpha value is -1.69. The molecule has 0 spiro atoms. The van der Waals surface area contributed by atoms with E-state index in [4.69, 9.17) is 4.74 Å². The smallest absolute Gasteiger partial charge is 0.376 e. The molecule has 2 aliphatic heterocycles. The van der Waals surface area contributed by atoms with Crippen LogP contribution in [0.15, 0.2) is 6.07 Å². The molecular formula is C15H22N4O2. The van der Waals surface area contributed by atoms with E-state index in [0.29, 0.717) is 12.1 Å². The van der Waals surface area contributed by atoms with Crippen molar-refractivity contribution in [3.8, 4) is 0 Å². The summed E-state index contributed by atoms with van der Waals surface area (Å²) in [5.74, 6) is 0.353. The number of carbonyl (C=O) groups excluding carboxylic acids is 1. The van der Waals surface area contributed by atoms with Gasteiger partial charge in [-0.05, 0) is 32.7 Å². The summed E-state index contributed by atoms with van der Waals surface area (Å²) in [5, 5.41) is 3.50. The minimum absolute atomic E-state index is 0.124. The highest BCUT2D eigenvalue weighted by Crippen LogP contribution is 2.29. The zero-order valence-electron chi connectivity index (χ0n) is 12.6. The lowest BCUT2D eigenvalue weighted by Crippen LogP contribution is -2.41. The van der Waals surface area contributed by atoms with Crippen LogP contribution in [0.2, 0.25) is 0 Å². The number of fused-ring (bicyclic) bond motifs is 1. The maximum Gasteiger partial charge on any atom is 0.376 e. The molecule has 114 valence electrons. The number of ether oxygens (including phenoxy) is 1. The number of methoxy groups -OCH3 is 1. The summed E-state index contributed by atoms with van der Waals surface area (Å²) < 4.78 is 4.70. The molecule has 2 unspecified atom stereocenters. The van der Waals surface area contributed by atoms with Gasteiger partial charge < -0.3 is 10.1 Å². The molecule has 0 radical (unpaired) electrons. The molecule has 3 heterocycles. The summed E-state index contributed by atoms with van der Waals surface area (Å²) in [4.78, 5) is 22.6. The molecule has 21 heavy (non-hydrogen) atoms. The normalized spacial score (nSPS) is 25.4. The number of nitrogens with one attached hydrogen (secondary N) is 1. The van der Waals surface area contributed by atoms with E-state index in [1.807, 2.05) is 13.0 Å². The van der Waals surface area contributed by atoms with Crippen LogP contribution in [0.4, 0.5) is 5.82 Å². The number of esters is 1. The topological polar surface area (TPSA) is 67.3 Å². The average molecular weight is 290 g/mol. The SMILES string of the molecule is COC(=O)c1nc(C)cc(NC2CCN3CCCCC23)n1. The van der Waals surface area contributed by atoms with Crippen LogP contribution >= 0.6 is 0 Å². The van der Waals surface area contributed by atoms with Gasteiger partial charge in [-0.2, -0.15) is 0 Å². The Kier molecular flexibility index (Phi) is 4.05. The molecule has 1 N–H and O–H groups in total. The summed E-state index contributed by atoms with van der Waals surface area (Å²) in [5.41, 5.74) is 0.770. The summed E-state index contributed by atoms with van der Waals surface area (Å²) in [6, 6.07) is 2.89. The van der Waals surface area contributed by atoms with Crippen molar-refractivity contribution >= 4 is 11.8 Å². The van der Waals surface area contributed by atoms with Crippen LogP contribution in [-0.2, 0) is 4.74 Å². The van der Waals surface area contributed by atoms with Gasteiger partial charge in [0.2, 0.25) is 5.82 Å². The van der Waals surface area contributed by atoms with E-state index in [2.05, 4.69) is 20.2 Å². The van der Waals surface area contributed by atoms with Crippen molar-refractivity contribution in [2.24, 2.45) is 0 Å². The number of aryl methyl sites for hydroxylation is 1. The third-order valence-corrected chi connectivity index (χ3v) is 4.41.